The Morgan fingerprint density at radius 2 is 1.67 bits per heavy atom. The number of methoxy groups -OCH3 is 1. The number of nitrogens with one attached hydrogen (secondary N) is 1. The molecule has 0 saturated heterocycles. The number of ketones is 1. The summed E-state index contributed by atoms with van der Waals surface area (Å²) < 4.78 is 9.59. The van der Waals surface area contributed by atoms with Crippen LogP contribution < -0.4 is 5.32 Å². The highest BCUT2D eigenvalue weighted by atomic mass is 16.6. The molecule has 0 aliphatic heterocycles. The second-order valence-corrected chi connectivity index (χ2v) is 5.33. The van der Waals surface area contributed by atoms with Crippen LogP contribution >= 0.6 is 0 Å². The van der Waals surface area contributed by atoms with E-state index in [-0.39, 0.29) is 0 Å². The van der Waals surface area contributed by atoms with Crippen molar-refractivity contribution in [2.75, 3.05) is 7.11 Å². The van der Waals surface area contributed by atoms with Crippen molar-refractivity contribution in [1.29, 1.82) is 0 Å². The maximum Gasteiger partial charge on any atom is 0.408 e. The van der Waals surface area contributed by atoms with Gasteiger partial charge in [0.25, 0.3) is 0 Å². The molecule has 0 unspecified atom stereocenters. The minimum atomic E-state index is -1.44. The number of benzene rings is 1. The lowest BCUT2D eigenvalue weighted by molar-refractivity contribution is -0.141. The largest absolute Gasteiger partial charge is 0.467 e. The van der Waals surface area contributed by atoms with Gasteiger partial charge in [-0.1, -0.05) is 30.3 Å². The summed E-state index contributed by atoms with van der Waals surface area (Å²) in [5, 5.41) is 2.24. The molecule has 0 bridgehead atoms. The second-order valence-electron chi connectivity index (χ2n) is 5.33. The smallest absolute Gasteiger partial charge is 0.408 e. The molecule has 114 valence electrons. The first-order valence-corrected chi connectivity index (χ1v) is 6.41. The standard InChI is InChI=1S/C15H19NO5/c1-15(2,3)21-14(19)16-11(13(18)20-4)12(17)10-8-6-5-7-9-10/h5-9,11H,1-4H3,(H,16,19)/t11-/m1/s1. The molecule has 0 fully saturated rings. The zero-order valence-corrected chi connectivity index (χ0v) is 12.5. The van der Waals surface area contributed by atoms with Crippen molar-refractivity contribution in [2.45, 2.75) is 32.4 Å². The highest BCUT2D eigenvalue weighted by Gasteiger charge is 2.31. The van der Waals surface area contributed by atoms with Crippen LogP contribution in [0.5, 0.6) is 0 Å². The Kier molecular flexibility index (Phi) is 5.46. The summed E-state index contributed by atoms with van der Waals surface area (Å²) in [5.41, 5.74) is -0.440. The van der Waals surface area contributed by atoms with Gasteiger partial charge in [0.1, 0.15) is 5.60 Å². The third-order valence-corrected chi connectivity index (χ3v) is 2.42. The van der Waals surface area contributed by atoms with Crippen LogP contribution in [0.1, 0.15) is 31.1 Å². The van der Waals surface area contributed by atoms with Crippen LogP contribution in [0.4, 0.5) is 4.79 Å². The van der Waals surface area contributed by atoms with Crippen molar-refractivity contribution in [3.8, 4) is 0 Å². The fourth-order valence-corrected chi connectivity index (χ4v) is 1.54. The van der Waals surface area contributed by atoms with E-state index in [4.69, 9.17) is 4.74 Å². The van der Waals surface area contributed by atoms with Crippen LogP contribution in [-0.4, -0.2) is 36.6 Å². The van der Waals surface area contributed by atoms with E-state index in [0.717, 1.165) is 7.11 Å². The number of alkyl carbamates (subject to hydrolysis) is 1. The Balaban J connectivity index is 2.89. The molecule has 6 heteroatoms. The van der Waals surface area contributed by atoms with E-state index in [0.29, 0.717) is 5.56 Å². The van der Waals surface area contributed by atoms with Crippen LogP contribution in [0.3, 0.4) is 0 Å². The number of esters is 1. The van der Waals surface area contributed by atoms with E-state index in [1.54, 1.807) is 51.1 Å². The molecular formula is C15H19NO5. The summed E-state index contributed by atoms with van der Waals surface area (Å²) in [4.78, 5) is 35.7. The number of carbonyl (C=O) groups excluding carboxylic acids is 3. The van der Waals surface area contributed by atoms with Gasteiger partial charge in [0.15, 0.2) is 11.8 Å². The van der Waals surface area contributed by atoms with Gasteiger partial charge in [-0.05, 0) is 20.8 Å². The molecular weight excluding hydrogens is 274 g/mol. The lowest BCUT2D eigenvalue weighted by Gasteiger charge is -2.22. The van der Waals surface area contributed by atoms with Crippen LogP contribution in [0.2, 0.25) is 0 Å². The summed E-state index contributed by atoms with van der Waals surface area (Å²) >= 11 is 0. The molecule has 0 saturated carbocycles. The number of amides is 1. The molecule has 1 N–H and O–H groups in total. The minimum Gasteiger partial charge on any atom is -0.467 e. The fourth-order valence-electron chi connectivity index (χ4n) is 1.54. The Labute approximate surface area is 123 Å². The number of ether oxygens (including phenoxy) is 2. The van der Waals surface area contributed by atoms with E-state index in [1.165, 1.54) is 0 Å². The Morgan fingerprint density at radius 3 is 2.14 bits per heavy atom. The average molecular weight is 293 g/mol. The third-order valence-electron chi connectivity index (χ3n) is 2.42. The van der Waals surface area contributed by atoms with E-state index >= 15 is 0 Å². The summed E-state index contributed by atoms with van der Waals surface area (Å²) in [6.45, 7) is 5.04. The van der Waals surface area contributed by atoms with Crippen molar-refractivity contribution in [3.63, 3.8) is 0 Å². The SMILES string of the molecule is COC(=O)[C@H](NC(=O)OC(C)(C)C)C(=O)c1ccccc1. The molecule has 1 amide bonds. The average Bonchev–Trinajstić information content (AvgIpc) is 2.42. The summed E-state index contributed by atoms with van der Waals surface area (Å²) in [6, 6.07) is 6.73. The molecule has 1 rings (SSSR count). The fraction of sp³-hybridized carbons (Fsp3) is 0.400. The maximum absolute atomic E-state index is 12.3. The monoisotopic (exact) mass is 293 g/mol. The van der Waals surface area contributed by atoms with Gasteiger partial charge in [-0.2, -0.15) is 0 Å². The lowest BCUT2D eigenvalue weighted by Crippen LogP contribution is -2.48. The zero-order valence-electron chi connectivity index (χ0n) is 12.5. The number of hydrogen-bond donors (Lipinski definition) is 1. The van der Waals surface area contributed by atoms with Gasteiger partial charge in [0.2, 0.25) is 0 Å². The van der Waals surface area contributed by atoms with Crippen molar-refractivity contribution in [1.82, 2.24) is 5.32 Å². The molecule has 0 aliphatic carbocycles. The molecule has 0 heterocycles. The van der Waals surface area contributed by atoms with Crippen molar-refractivity contribution in [2.24, 2.45) is 0 Å². The second kappa shape index (κ2) is 6.88. The molecule has 6 nitrogen and oxygen atoms in total. The van der Waals surface area contributed by atoms with Gasteiger partial charge in [-0.25, -0.2) is 9.59 Å². The highest BCUT2D eigenvalue weighted by molar-refractivity contribution is 6.13. The van der Waals surface area contributed by atoms with Crippen LogP contribution in [0.15, 0.2) is 30.3 Å². The first-order valence-electron chi connectivity index (χ1n) is 6.41. The van der Waals surface area contributed by atoms with Gasteiger partial charge in [0, 0.05) is 5.56 Å². The Morgan fingerprint density at radius 1 is 1.10 bits per heavy atom. The van der Waals surface area contributed by atoms with Crippen molar-refractivity contribution >= 4 is 17.8 Å². The molecule has 1 aromatic rings. The normalized spacial score (nSPS) is 12.2. The van der Waals surface area contributed by atoms with Crippen LogP contribution in [-0.2, 0) is 14.3 Å². The topological polar surface area (TPSA) is 81.7 Å². The maximum atomic E-state index is 12.3. The van der Waals surface area contributed by atoms with Gasteiger partial charge in [0.05, 0.1) is 7.11 Å². The highest BCUT2D eigenvalue weighted by Crippen LogP contribution is 2.09. The summed E-state index contributed by atoms with van der Waals surface area (Å²) in [5.74, 6) is -1.41. The number of Topliss-reactive ketones (excluding diaryl/α,β-unsaturated/α-hetero) is 1. The predicted molar refractivity (Wildman–Crippen MR) is 75.9 cm³/mol. The Hall–Kier alpha value is -2.37. The molecule has 1 aromatic carbocycles. The van der Waals surface area contributed by atoms with Crippen molar-refractivity contribution in [3.05, 3.63) is 35.9 Å². The molecule has 21 heavy (non-hydrogen) atoms. The van der Waals surface area contributed by atoms with Gasteiger partial charge in [-0.15, -0.1) is 0 Å². The number of carbonyl (C=O) groups is 3. The number of hydrogen-bond acceptors (Lipinski definition) is 5. The predicted octanol–water partition coefficient (Wildman–Crippen LogP) is 1.94. The molecule has 0 aromatic heterocycles. The lowest BCUT2D eigenvalue weighted by atomic mass is 10.0. The van der Waals surface area contributed by atoms with Gasteiger partial charge in [-0.3, -0.25) is 4.79 Å². The quantitative estimate of drug-likeness (QED) is 0.521. The molecule has 0 radical (unpaired) electrons. The first-order chi connectivity index (χ1) is 9.74. The Bertz CT molecular complexity index is 519. The molecule has 0 aliphatic rings. The number of rotatable bonds is 4. The van der Waals surface area contributed by atoms with Gasteiger partial charge < -0.3 is 14.8 Å². The van der Waals surface area contributed by atoms with E-state index in [1.807, 2.05) is 0 Å². The van der Waals surface area contributed by atoms with Gasteiger partial charge >= 0.3 is 12.1 Å². The van der Waals surface area contributed by atoms with E-state index < -0.39 is 29.5 Å². The first kappa shape index (κ1) is 16.7. The molecule has 1 atom stereocenters. The van der Waals surface area contributed by atoms with Crippen LogP contribution in [0.25, 0.3) is 0 Å². The minimum absolute atomic E-state index is 0.295. The third kappa shape index (κ3) is 5.25. The molecule has 0 spiro atoms. The van der Waals surface area contributed by atoms with Crippen LogP contribution in [0, 0.1) is 0 Å². The van der Waals surface area contributed by atoms with E-state index in [9.17, 15) is 14.4 Å². The summed E-state index contributed by atoms with van der Waals surface area (Å²) in [6.07, 6.45) is -0.859. The van der Waals surface area contributed by atoms with E-state index in [2.05, 4.69) is 10.1 Å². The zero-order chi connectivity index (χ0) is 16.0. The van der Waals surface area contributed by atoms with Crippen molar-refractivity contribution < 1.29 is 23.9 Å². The summed E-state index contributed by atoms with van der Waals surface area (Å²) in [7, 11) is 1.14.